The zero-order chi connectivity index (χ0) is 19.3. The number of halogens is 2. The number of unbranched alkanes of at least 4 members (excludes halogenated alkanes) is 1. The smallest absolute Gasteiger partial charge is 0.196 e. The average Bonchev–Trinajstić information content (AvgIpc) is 2.70. The molecule has 0 aliphatic heterocycles. The van der Waals surface area contributed by atoms with Gasteiger partial charge in [0.05, 0.1) is 0 Å². The Kier molecular flexibility index (Phi) is 6.26. The Morgan fingerprint density at radius 3 is 2.11 bits per heavy atom. The van der Waals surface area contributed by atoms with Crippen LogP contribution in [0.3, 0.4) is 0 Å². The summed E-state index contributed by atoms with van der Waals surface area (Å²) in [5, 5.41) is 0. The number of aryl methyl sites for hydroxylation is 2. The molecular weight excluding hydrogens is 338 g/mol. The number of alkyl halides is 2. The molecule has 27 heavy (non-hydrogen) atoms. The molecule has 0 heterocycles. The van der Waals surface area contributed by atoms with E-state index < -0.39 is 11.8 Å². The van der Waals surface area contributed by atoms with Gasteiger partial charge in [0, 0.05) is 5.57 Å². The van der Waals surface area contributed by atoms with Crippen molar-refractivity contribution in [2.75, 3.05) is 0 Å². The highest BCUT2D eigenvalue weighted by molar-refractivity contribution is 5.77. The van der Waals surface area contributed by atoms with Crippen molar-refractivity contribution >= 4 is 5.57 Å². The summed E-state index contributed by atoms with van der Waals surface area (Å²) < 4.78 is 31.0. The van der Waals surface area contributed by atoms with Gasteiger partial charge in [0.1, 0.15) is 0 Å². The second-order valence-corrected chi connectivity index (χ2v) is 7.33. The second-order valence-electron chi connectivity index (χ2n) is 7.33. The molecule has 1 aliphatic carbocycles. The minimum absolute atomic E-state index is 0.375. The Bertz CT molecular complexity index is 799. The second kappa shape index (κ2) is 8.65. The number of hydrogen-bond acceptors (Lipinski definition) is 0. The molecule has 0 bridgehead atoms. The minimum atomic E-state index is -2.16. The first-order valence-electron chi connectivity index (χ1n) is 10.00. The molecule has 2 heteroatoms. The van der Waals surface area contributed by atoms with Crippen LogP contribution in [0.2, 0.25) is 0 Å². The molecule has 0 amide bonds. The van der Waals surface area contributed by atoms with Crippen LogP contribution in [-0.4, -0.2) is 6.17 Å². The SMILES string of the molecule is CCCCc1ccc(C2=CC=CC(F)C2(F)c2ccc(CCC)cc2)cc1. The largest absolute Gasteiger partial charge is 0.239 e. The van der Waals surface area contributed by atoms with Crippen LogP contribution in [0.5, 0.6) is 0 Å². The first kappa shape index (κ1) is 19.5. The normalized spacial score (nSPS) is 21.9. The molecule has 2 unspecified atom stereocenters. The maximum absolute atomic E-state index is 16.2. The maximum Gasteiger partial charge on any atom is 0.196 e. The van der Waals surface area contributed by atoms with Crippen molar-refractivity contribution in [2.24, 2.45) is 0 Å². The lowest BCUT2D eigenvalue weighted by molar-refractivity contribution is 0.135. The van der Waals surface area contributed by atoms with Gasteiger partial charge in [0.25, 0.3) is 0 Å². The summed E-state index contributed by atoms with van der Waals surface area (Å²) in [5.74, 6) is 0. The highest BCUT2D eigenvalue weighted by Gasteiger charge is 2.45. The zero-order valence-corrected chi connectivity index (χ0v) is 16.2. The van der Waals surface area contributed by atoms with E-state index in [1.54, 1.807) is 24.3 Å². The summed E-state index contributed by atoms with van der Waals surface area (Å²) >= 11 is 0. The van der Waals surface area contributed by atoms with Crippen molar-refractivity contribution in [1.29, 1.82) is 0 Å². The van der Waals surface area contributed by atoms with Crippen LogP contribution in [0.25, 0.3) is 5.57 Å². The van der Waals surface area contributed by atoms with Gasteiger partial charge in [0.2, 0.25) is 0 Å². The molecule has 0 N–H and O–H groups in total. The van der Waals surface area contributed by atoms with Gasteiger partial charge in [-0.25, -0.2) is 8.78 Å². The molecular formula is C25H28F2. The number of hydrogen-bond donors (Lipinski definition) is 0. The molecule has 2 aromatic rings. The minimum Gasteiger partial charge on any atom is -0.239 e. The van der Waals surface area contributed by atoms with Gasteiger partial charge in [-0.2, -0.15) is 0 Å². The Morgan fingerprint density at radius 1 is 0.852 bits per heavy atom. The average molecular weight is 366 g/mol. The van der Waals surface area contributed by atoms with Crippen molar-refractivity contribution in [1.82, 2.24) is 0 Å². The molecule has 0 spiro atoms. The molecule has 0 nitrogen and oxygen atoms in total. The third-order valence-electron chi connectivity index (χ3n) is 5.31. The Hall–Kier alpha value is -2.22. The fraction of sp³-hybridized carbons (Fsp3) is 0.360. The first-order chi connectivity index (χ1) is 13.1. The lowest BCUT2D eigenvalue weighted by Crippen LogP contribution is -2.34. The molecule has 0 fully saturated rings. The van der Waals surface area contributed by atoms with Gasteiger partial charge < -0.3 is 0 Å². The van der Waals surface area contributed by atoms with E-state index in [1.165, 1.54) is 11.6 Å². The molecule has 0 aromatic heterocycles. The quantitative estimate of drug-likeness (QED) is 0.488. The van der Waals surface area contributed by atoms with E-state index in [1.807, 2.05) is 36.4 Å². The van der Waals surface area contributed by atoms with Crippen molar-refractivity contribution in [3.63, 3.8) is 0 Å². The summed E-state index contributed by atoms with van der Waals surface area (Å²) in [5.41, 5.74) is 1.73. The van der Waals surface area contributed by atoms with Crippen molar-refractivity contribution in [3.05, 3.63) is 89.0 Å². The lowest BCUT2D eigenvalue weighted by Gasteiger charge is -2.33. The lowest BCUT2D eigenvalue weighted by atomic mass is 9.77. The van der Waals surface area contributed by atoms with Crippen LogP contribution in [0, 0.1) is 0 Å². The van der Waals surface area contributed by atoms with Crippen molar-refractivity contribution in [3.8, 4) is 0 Å². The maximum atomic E-state index is 16.2. The predicted octanol–water partition coefficient (Wildman–Crippen LogP) is 7.14. The van der Waals surface area contributed by atoms with Gasteiger partial charge in [-0.05, 0) is 47.6 Å². The molecule has 3 rings (SSSR count). The summed E-state index contributed by atoms with van der Waals surface area (Å²) in [6.07, 6.45) is 8.20. The number of allylic oxidation sites excluding steroid dienone is 4. The zero-order valence-electron chi connectivity index (χ0n) is 16.2. The predicted molar refractivity (Wildman–Crippen MR) is 110 cm³/mol. The van der Waals surface area contributed by atoms with E-state index >= 15 is 4.39 Å². The van der Waals surface area contributed by atoms with E-state index in [9.17, 15) is 4.39 Å². The van der Waals surface area contributed by atoms with E-state index in [4.69, 9.17) is 0 Å². The van der Waals surface area contributed by atoms with E-state index in [0.717, 1.165) is 43.2 Å². The fourth-order valence-corrected chi connectivity index (χ4v) is 3.71. The fourth-order valence-electron chi connectivity index (χ4n) is 3.71. The molecule has 1 aliphatic rings. The third kappa shape index (κ3) is 4.05. The molecule has 142 valence electrons. The molecule has 0 saturated heterocycles. The third-order valence-corrected chi connectivity index (χ3v) is 5.31. The van der Waals surface area contributed by atoms with Crippen LogP contribution in [0.15, 0.2) is 66.8 Å². The summed E-state index contributed by atoms with van der Waals surface area (Å²) in [7, 11) is 0. The summed E-state index contributed by atoms with van der Waals surface area (Å²) in [4.78, 5) is 0. The van der Waals surface area contributed by atoms with Crippen LogP contribution in [0.4, 0.5) is 8.78 Å². The highest BCUT2D eigenvalue weighted by Crippen LogP contribution is 2.46. The van der Waals surface area contributed by atoms with Crippen LogP contribution < -0.4 is 0 Å². The van der Waals surface area contributed by atoms with E-state index in [2.05, 4.69) is 13.8 Å². The number of rotatable bonds is 7. The van der Waals surface area contributed by atoms with Gasteiger partial charge in [-0.15, -0.1) is 0 Å². The van der Waals surface area contributed by atoms with Crippen LogP contribution in [0.1, 0.15) is 55.4 Å². The molecule has 0 saturated carbocycles. The van der Waals surface area contributed by atoms with Crippen molar-refractivity contribution < 1.29 is 8.78 Å². The molecule has 2 atom stereocenters. The number of benzene rings is 2. The summed E-state index contributed by atoms with van der Waals surface area (Å²) in [6, 6.07) is 15.2. The van der Waals surface area contributed by atoms with Gasteiger partial charge in [-0.3, -0.25) is 0 Å². The molecule has 0 radical (unpaired) electrons. The van der Waals surface area contributed by atoms with Crippen LogP contribution >= 0.6 is 0 Å². The Balaban J connectivity index is 1.94. The van der Waals surface area contributed by atoms with Crippen LogP contribution in [-0.2, 0) is 18.5 Å². The highest BCUT2D eigenvalue weighted by atomic mass is 19.2. The van der Waals surface area contributed by atoms with E-state index in [0.29, 0.717) is 11.1 Å². The van der Waals surface area contributed by atoms with E-state index in [-0.39, 0.29) is 0 Å². The molecule has 2 aromatic carbocycles. The Morgan fingerprint density at radius 2 is 1.48 bits per heavy atom. The topological polar surface area (TPSA) is 0 Å². The first-order valence-corrected chi connectivity index (χ1v) is 10.00. The summed E-state index contributed by atoms with van der Waals surface area (Å²) in [6.45, 7) is 4.28. The van der Waals surface area contributed by atoms with Gasteiger partial charge in [-0.1, -0.05) is 87.4 Å². The van der Waals surface area contributed by atoms with Gasteiger partial charge in [0.15, 0.2) is 11.8 Å². The Labute approximate surface area is 161 Å². The van der Waals surface area contributed by atoms with Gasteiger partial charge >= 0.3 is 0 Å². The monoisotopic (exact) mass is 366 g/mol. The standard InChI is InChI=1S/C25H28F2/c1-3-5-8-20-11-15-21(16-12-20)23-9-6-10-24(26)25(23,27)22-17-13-19(7-4-2)14-18-22/h6,9-18,24H,3-5,7-8H2,1-2H3. The van der Waals surface area contributed by atoms with Crippen molar-refractivity contribution in [2.45, 2.75) is 57.8 Å².